The number of allylic oxidation sites excluding steroid dienone is 2. The van der Waals surface area contributed by atoms with Crippen LogP contribution in [0.15, 0.2) is 48.7 Å². The zero-order valence-electron chi connectivity index (χ0n) is 18.0. The van der Waals surface area contributed by atoms with Crippen LogP contribution in [-0.4, -0.2) is 41.8 Å². The number of hydrogen-bond donors (Lipinski definition) is 3. The summed E-state index contributed by atoms with van der Waals surface area (Å²) in [6.45, 7) is 6.02. The van der Waals surface area contributed by atoms with Crippen LogP contribution in [0.5, 0.6) is 0 Å². The summed E-state index contributed by atoms with van der Waals surface area (Å²) in [5.41, 5.74) is 5.33. The van der Waals surface area contributed by atoms with Crippen LogP contribution < -0.4 is 16.2 Å². The number of benzene rings is 1. The van der Waals surface area contributed by atoms with Gasteiger partial charge in [-0.15, -0.1) is 0 Å². The second-order valence-corrected chi connectivity index (χ2v) is 8.54. The molecule has 2 aromatic rings. The number of H-pyrrole nitrogens is 1. The fraction of sp³-hybridized carbons (Fsp3) is 0.375. The lowest BCUT2D eigenvalue weighted by Crippen LogP contribution is -2.35. The second kappa shape index (κ2) is 8.50. The van der Waals surface area contributed by atoms with E-state index in [0.717, 1.165) is 53.4 Å². The zero-order chi connectivity index (χ0) is 21.3. The normalized spacial score (nSPS) is 18.4. The molecule has 6 nitrogen and oxygen atoms in total. The molecule has 0 fully saturated rings. The SMILES string of the molecule is CC(C)N(C)CC1CC(=O)c2c([nH]c(C3=CCNC=C3)c2N(N)c2ccccc2)C1. The Bertz CT molecular complexity index is 973. The standard InChI is InChI=1S/C24H31N5O/c1-16(2)28(3)15-17-13-20-22(21(30)14-17)24(29(25)19-7-5-4-6-8-19)23(27-20)18-9-11-26-12-10-18/h4-11,16-17,26-27H,12-15,25H2,1-3H3. The lowest BCUT2D eigenvalue weighted by atomic mass is 9.85. The molecule has 30 heavy (non-hydrogen) atoms. The van der Waals surface area contributed by atoms with Gasteiger partial charge in [0.2, 0.25) is 0 Å². The Morgan fingerprint density at radius 1 is 1.20 bits per heavy atom. The Labute approximate surface area is 178 Å². The van der Waals surface area contributed by atoms with Crippen LogP contribution in [0, 0.1) is 5.92 Å². The molecular formula is C24H31N5O. The van der Waals surface area contributed by atoms with Gasteiger partial charge in [0.05, 0.1) is 22.6 Å². The first-order chi connectivity index (χ1) is 14.5. The molecule has 2 aliphatic rings. The van der Waals surface area contributed by atoms with Gasteiger partial charge in [0.1, 0.15) is 0 Å². The fourth-order valence-electron chi connectivity index (χ4n) is 4.27. The fourth-order valence-corrected chi connectivity index (χ4v) is 4.27. The average molecular weight is 406 g/mol. The van der Waals surface area contributed by atoms with E-state index < -0.39 is 0 Å². The second-order valence-electron chi connectivity index (χ2n) is 8.54. The highest BCUT2D eigenvalue weighted by atomic mass is 16.1. The van der Waals surface area contributed by atoms with E-state index in [1.165, 1.54) is 0 Å². The number of nitrogens with one attached hydrogen (secondary N) is 2. The number of carbonyl (C=O) groups excluding carboxylic acids is 1. The van der Waals surface area contributed by atoms with E-state index in [0.29, 0.717) is 18.4 Å². The van der Waals surface area contributed by atoms with Crippen LogP contribution in [0.4, 0.5) is 11.4 Å². The van der Waals surface area contributed by atoms with Crippen molar-refractivity contribution in [2.75, 3.05) is 25.1 Å². The zero-order valence-corrected chi connectivity index (χ0v) is 18.0. The molecule has 4 N–H and O–H groups in total. The van der Waals surface area contributed by atoms with Crippen LogP contribution in [-0.2, 0) is 6.42 Å². The summed E-state index contributed by atoms with van der Waals surface area (Å²) in [6, 6.07) is 10.3. The minimum absolute atomic E-state index is 0.167. The number of dihydropyridines is 1. The first-order valence-corrected chi connectivity index (χ1v) is 10.6. The lowest BCUT2D eigenvalue weighted by molar-refractivity contribution is 0.0930. The number of aromatic amines is 1. The summed E-state index contributed by atoms with van der Waals surface area (Å²) >= 11 is 0. The van der Waals surface area contributed by atoms with Crippen molar-refractivity contribution in [1.29, 1.82) is 0 Å². The monoisotopic (exact) mass is 405 g/mol. The molecule has 0 radical (unpaired) electrons. The van der Waals surface area contributed by atoms with Gasteiger partial charge in [-0.1, -0.05) is 24.3 Å². The summed E-state index contributed by atoms with van der Waals surface area (Å²) < 4.78 is 0. The molecule has 0 saturated heterocycles. The van der Waals surface area contributed by atoms with E-state index in [2.05, 4.69) is 42.2 Å². The lowest BCUT2D eigenvalue weighted by Gasteiger charge is -2.29. The highest BCUT2D eigenvalue weighted by Crippen LogP contribution is 2.40. The number of fused-ring (bicyclic) bond motifs is 1. The van der Waals surface area contributed by atoms with Gasteiger partial charge in [-0.2, -0.15) is 0 Å². The number of anilines is 2. The van der Waals surface area contributed by atoms with E-state index >= 15 is 0 Å². The molecule has 6 heteroatoms. The number of para-hydroxylation sites is 1. The van der Waals surface area contributed by atoms with E-state index in [9.17, 15) is 4.79 Å². The van der Waals surface area contributed by atoms with Crippen molar-refractivity contribution in [3.8, 4) is 0 Å². The molecule has 1 unspecified atom stereocenters. The first kappa shape index (κ1) is 20.4. The smallest absolute Gasteiger partial charge is 0.167 e. The van der Waals surface area contributed by atoms with Crippen molar-refractivity contribution in [2.24, 2.45) is 11.8 Å². The van der Waals surface area contributed by atoms with Gasteiger partial charge in [0, 0.05) is 31.2 Å². The number of aromatic nitrogens is 1. The van der Waals surface area contributed by atoms with Crippen LogP contribution in [0.2, 0.25) is 0 Å². The van der Waals surface area contributed by atoms with Crippen LogP contribution in [0.1, 0.15) is 42.0 Å². The maximum atomic E-state index is 13.3. The third kappa shape index (κ3) is 3.93. The molecule has 1 aliphatic carbocycles. The highest BCUT2D eigenvalue weighted by molar-refractivity contribution is 6.07. The van der Waals surface area contributed by atoms with E-state index in [-0.39, 0.29) is 5.78 Å². The number of carbonyl (C=O) groups is 1. The molecule has 0 spiro atoms. The summed E-state index contributed by atoms with van der Waals surface area (Å²) in [6.07, 6.45) is 7.48. The average Bonchev–Trinajstić information content (AvgIpc) is 3.14. The molecule has 1 aromatic carbocycles. The number of hydrogen-bond acceptors (Lipinski definition) is 5. The number of nitrogens with zero attached hydrogens (tertiary/aromatic N) is 2. The molecule has 1 atom stereocenters. The largest absolute Gasteiger partial charge is 0.387 e. The minimum Gasteiger partial charge on any atom is -0.387 e. The Kier molecular flexibility index (Phi) is 5.79. The topological polar surface area (TPSA) is 77.4 Å². The van der Waals surface area contributed by atoms with Gasteiger partial charge in [-0.25, -0.2) is 5.84 Å². The summed E-state index contributed by atoms with van der Waals surface area (Å²) in [7, 11) is 2.12. The van der Waals surface area contributed by atoms with Crippen molar-refractivity contribution in [3.63, 3.8) is 0 Å². The van der Waals surface area contributed by atoms with Gasteiger partial charge in [0.25, 0.3) is 0 Å². The number of nitrogens with two attached hydrogens (primary N) is 1. The van der Waals surface area contributed by atoms with Crippen molar-refractivity contribution in [1.82, 2.24) is 15.2 Å². The van der Waals surface area contributed by atoms with E-state index in [1.807, 2.05) is 42.6 Å². The highest BCUT2D eigenvalue weighted by Gasteiger charge is 2.34. The Hall–Kier alpha value is -2.83. The Morgan fingerprint density at radius 2 is 1.97 bits per heavy atom. The first-order valence-electron chi connectivity index (χ1n) is 10.6. The van der Waals surface area contributed by atoms with Crippen molar-refractivity contribution < 1.29 is 4.79 Å². The summed E-state index contributed by atoms with van der Waals surface area (Å²) in [5, 5.41) is 4.84. The predicted octanol–water partition coefficient (Wildman–Crippen LogP) is 3.61. The molecule has 4 rings (SSSR count). The van der Waals surface area contributed by atoms with Crippen molar-refractivity contribution >= 4 is 22.7 Å². The van der Waals surface area contributed by atoms with Gasteiger partial charge < -0.3 is 15.2 Å². The van der Waals surface area contributed by atoms with Crippen molar-refractivity contribution in [3.05, 3.63) is 65.6 Å². The third-order valence-electron chi connectivity index (χ3n) is 6.11. The van der Waals surface area contributed by atoms with E-state index in [1.54, 1.807) is 5.01 Å². The molecule has 0 amide bonds. The minimum atomic E-state index is 0.167. The number of Topliss-reactive ketones (excluding diaryl/α,β-unsaturated/α-hetero) is 1. The van der Waals surface area contributed by atoms with E-state index in [4.69, 9.17) is 5.84 Å². The molecule has 0 saturated carbocycles. The molecule has 0 bridgehead atoms. The van der Waals surface area contributed by atoms with Crippen LogP contribution in [0.3, 0.4) is 0 Å². The van der Waals surface area contributed by atoms with Crippen LogP contribution in [0.25, 0.3) is 5.57 Å². The number of rotatable bonds is 6. The van der Waals surface area contributed by atoms with Gasteiger partial charge in [-0.05, 0) is 63.2 Å². The molecule has 1 aliphatic heterocycles. The molecular weight excluding hydrogens is 374 g/mol. The maximum absolute atomic E-state index is 13.3. The molecule has 2 heterocycles. The Morgan fingerprint density at radius 3 is 2.63 bits per heavy atom. The third-order valence-corrected chi connectivity index (χ3v) is 6.11. The summed E-state index contributed by atoms with van der Waals surface area (Å²) in [4.78, 5) is 19.2. The van der Waals surface area contributed by atoms with Crippen LogP contribution >= 0.6 is 0 Å². The molecule has 158 valence electrons. The van der Waals surface area contributed by atoms with Gasteiger partial charge in [0.15, 0.2) is 5.78 Å². The van der Waals surface area contributed by atoms with Gasteiger partial charge in [-0.3, -0.25) is 9.80 Å². The molecule has 1 aromatic heterocycles. The number of ketones is 1. The predicted molar refractivity (Wildman–Crippen MR) is 123 cm³/mol. The van der Waals surface area contributed by atoms with Crippen molar-refractivity contribution in [2.45, 2.75) is 32.7 Å². The maximum Gasteiger partial charge on any atom is 0.167 e. The summed E-state index contributed by atoms with van der Waals surface area (Å²) in [5.74, 6) is 7.07. The quantitative estimate of drug-likeness (QED) is 0.506. The van der Waals surface area contributed by atoms with Gasteiger partial charge >= 0.3 is 0 Å². The number of hydrazine groups is 1. The Balaban J connectivity index is 1.76.